The number of imide groups is 1. The number of carbonyl (C=O) groups excluding carboxylic acids is 3. The summed E-state index contributed by atoms with van der Waals surface area (Å²) >= 11 is 6.63. The zero-order valence-corrected chi connectivity index (χ0v) is 15.4. The first-order valence-corrected chi connectivity index (χ1v) is 8.99. The lowest BCUT2D eigenvalue weighted by molar-refractivity contribution is -0.127. The molecular formula is C19H15ClN2O3S. The topological polar surface area (TPSA) is 66.5 Å². The van der Waals surface area contributed by atoms with Crippen LogP contribution in [0.5, 0.6) is 0 Å². The number of nitrogens with zero attached hydrogens (tertiary/aromatic N) is 1. The molecule has 1 N–H and O–H groups in total. The number of thioether (sulfide) groups is 1. The first-order chi connectivity index (χ1) is 12.4. The molecule has 0 spiro atoms. The molecule has 1 aliphatic rings. The van der Waals surface area contributed by atoms with Crippen molar-refractivity contribution < 1.29 is 14.4 Å². The Kier molecular flexibility index (Phi) is 5.44. The normalized spacial score (nSPS) is 15.6. The maximum atomic E-state index is 12.4. The Morgan fingerprint density at radius 1 is 1.12 bits per heavy atom. The highest BCUT2D eigenvalue weighted by atomic mass is 35.5. The summed E-state index contributed by atoms with van der Waals surface area (Å²) in [5.41, 5.74) is 2.47. The lowest BCUT2D eigenvalue weighted by Crippen LogP contribution is -2.36. The number of hydrogen-bond donors (Lipinski definition) is 1. The molecule has 0 radical (unpaired) electrons. The van der Waals surface area contributed by atoms with Gasteiger partial charge in [-0.15, -0.1) is 0 Å². The van der Waals surface area contributed by atoms with E-state index in [1.54, 1.807) is 30.3 Å². The quantitative estimate of drug-likeness (QED) is 0.794. The Morgan fingerprint density at radius 2 is 1.77 bits per heavy atom. The van der Waals surface area contributed by atoms with Gasteiger partial charge < -0.3 is 5.32 Å². The van der Waals surface area contributed by atoms with Gasteiger partial charge in [-0.05, 0) is 54.6 Å². The average molecular weight is 387 g/mol. The van der Waals surface area contributed by atoms with Gasteiger partial charge >= 0.3 is 0 Å². The van der Waals surface area contributed by atoms with Crippen LogP contribution in [-0.2, 0) is 9.59 Å². The Balaban J connectivity index is 1.67. The van der Waals surface area contributed by atoms with Gasteiger partial charge in [0.1, 0.15) is 6.54 Å². The Bertz CT molecular complexity index is 892. The molecule has 2 aromatic carbocycles. The second-order valence-electron chi connectivity index (χ2n) is 5.73. The monoisotopic (exact) mass is 386 g/mol. The van der Waals surface area contributed by atoms with Gasteiger partial charge in [0.25, 0.3) is 11.1 Å². The molecule has 3 amide bonds. The Morgan fingerprint density at radius 3 is 2.42 bits per heavy atom. The molecule has 1 fully saturated rings. The highest BCUT2D eigenvalue weighted by Crippen LogP contribution is 2.32. The number of nitrogens with one attached hydrogen (secondary N) is 1. The largest absolute Gasteiger partial charge is 0.325 e. The molecule has 1 aliphatic heterocycles. The van der Waals surface area contributed by atoms with Crippen LogP contribution in [0.25, 0.3) is 6.08 Å². The number of hydrogen-bond acceptors (Lipinski definition) is 4. The van der Waals surface area contributed by atoms with Crippen LogP contribution >= 0.6 is 23.4 Å². The third-order valence-electron chi connectivity index (χ3n) is 3.68. The van der Waals surface area contributed by atoms with Crippen LogP contribution < -0.4 is 5.32 Å². The summed E-state index contributed by atoms with van der Waals surface area (Å²) in [4.78, 5) is 37.9. The zero-order valence-electron chi connectivity index (χ0n) is 13.9. The number of aryl methyl sites for hydroxylation is 1. The third kappa shape index (κ3) is 4.33. The molecule has 132 valence electrons. The number of carbonyl (C=O) groups is 3. The van der Waals surface area contributed by atoms with Crippen LogP contribution in [0.4, 0.5) is 10.5 Å². The first kappa shape index (κ1) is 18.2. The van der Waals surface area contributed by atoms with Crippen molar-refractivity contribution in [3.8, 4) is 0 Å². The molecule has 5 nitrogen and oxygen atoms in total. The average Bonchev–Trinajstić information content (AvgIpc) is 2.86. The molecule has 0 saturated carbocycles. The minimum absolute atomic E-state index is 0.304. The second-order valence-corrected chi connectivity index (χ2v) is 7.16. The number of benzene rings is 2. The molecule has 2 aromatic rings. The lowest BCUT2D eigenvalue weighted by atomic mass is 10.1. The van der Waals surface area contributed by atoms with Crippen LogP contribution in [0.1, 0.15) is 11.1 Å². The third-order valence-corrected chi connectivity index (χ3v) is 4.84. The standard InChI is InChI=1S/C19H15ClN2O3S/c1-12-2-4-13(5-3-12)10-16-18(24)22(19(25)26-16)11-17(23)21-15-8-6-14(20)7-9-15/h2-10H,11H2,1H3,(H,21,23)/b16-10-. The Labute approximate surface area is 160 Å². The van der Waals surface area contributed by atoms with Crippen LogP contribution in [0.2, 0.25) is 5.02 Å². The van der Waals surface area contributed by atoms with Gasteiger partial charge in [0, 0.05) is 10.7 Å². The fourth-order valence-corrected chi connectivity index (χ4v) is 3.29. The van der Waals surface area contributed by atoms with E-state index in [0.717, 1.165) is 27.8 Å². The van der Waals surface area contributed by atoms with Crippen LogP contribution in [-0.4, -0.2) is 28.5 Å². The van der Waals surface area contributed by atoms with Crippen molar-refractivity contribution in [2.45, 2.75) is 6.92 Å². The molecule has 1 saturated heterocycles. The fourth-order valence-electron chi connectivity index (χ4n) is 2.33. The van der Waals surface area contributed by atoms with Crippen molar-refractivity contribution in [2.75, 3.05) is 11.9 Å². The summed E-state index contributed by atoms with van der Waals surface area (Å²) in [5, 5.41) is 2.73. The first-order valence-electron chi connectivity index (χ1n) is 7.80. The predicted octanol–water partition coefficient (Wildman–Crippen LogP) is 4.32. The number of amides is 3. The van der Waals surface area contributed by atoms with E-state index in [1.165, 1.54) is 0 Å². The van der Waals surface area contributed by atoms with Crippen LogP contribution in [0.15, 0.2) is 53.4 Å². The number of rotatable bonds is 4. The lowest BCUT2D eigenvalue weighted by Gasteiger charge is -2.12. The number of halogens is 1. The minimum atomic E-state index is -0.466. The van der Waals surface area contributed by atoms with E-state index in [4.69, 9.17) is 11.6 Å². The zero-order chi connectivity index (χ0) is 18.7. The van der Waals surface area contributed by atoms with Gasteiger partial charge in [-0.3, -0.25) is 19.3 Å². The summed E-state index contributed by atoms with van der Waals surface area (Å²) in [6.07, 6.45) is 1.65. The van der Waals surface area contributed by atoms with Crippen molar-refractivity contribution in [2.24, 2.45) is 0 Å². The summed E-state index contributed by atoms with van der Waals surface area (Å²) < 4.78 is 0. The second kappa shape index (κ2) is 7.76. The van der Waals surface area contributed by atoms with Crippen LogP contribution in [0, 0.1) is 6.92 Å². The van der Waals surface area contributed by atoms with Crippen LogP contribution in [0.3, 0.4) is 0 Å². The van der Waals surface area contributed by atoms with E-state index < -0.39 is 17.1 Å². The molecule has 0 bridgehead atoms. The summed E-state index contributed by atoms with van der Waals surface area (Å²) in [6, 6.07) is 14.2. The van der Waals surface area contributed by atoms with E-state index in [-0.39, 0.29) is 6.54 Å². The molecule has 0 aromatic heterocycles. The smallest absolute Gasteiger partial charge is 0.294 e. The summed E-state index contributed by atoms with van der Waals surface area (Å²) in [5.74, 6) is -0.918. The van der Waals surface area contributed by atoms with E-state index in [0.29, 0.717) is 15.6 Å². The van der Waals surface area contributed by atoms with Gasteiger partial charge in [0.2, 0.25) is 5.91 Å². The highest BCUT2D eigenvalue weighted by molar-refractivity contribution is 8.18. The molecular weight excluding hydrogens is 372 g/mol. The fraction of sp³-hybridized carbons (Fsp3) is 0.105. The highest BCUT2D eigenvalue weighted by Gasteiger charge is 2.36. The van der Waals surface area contributed by atoms with Gasteiger partial charge in [-0.1, -0.05) is 41.4 Å². The van der Waals surface area contributed by atoms with E-state index in [1.807, 2.05) is 31.2 Å². The molecule has 3 rings (SSSR count). The van der Waals surface area contributed by atoms with E-state index in [9.17, 15) is 14.4 Å². The number of anilines is 1. The van der Waals surface area contributed by atoms with Gasteiger partial charge in [0.05, 0.1) is 4.91 Å². The van der Waals surface area contributed by atoms with Crippen molar-refractivity contribution in [1.82, 2.24) is 4.90 Å². The summed E-state index contributed by atoms with van der Waals surface area (Å²) in [6.45, 7) is 1.63. The van der Waals surface area contributed by atoms with Gasteiger partial charge in [-0.2, -0.15) is 0 Å². The molecule has 1 heterocycles. The summed E-state index contributed by atoms with van der Waals surface area (Å²) in [7, 11) is 0. The maximum absolute atomic E-state index is 12.4. The Hall–Kier alpha value is -2.57. The molecule has 26 heavy (non-hydrogen) atoms. The minimum Gasteiger partial charge on any atom is -0.325 e. The van der Waals surface area contributed by atoms with E-state index in [2.05, 4.69) is 5.32 Å². The van der Waals surface area contributed by atoms with Gasteiger partial charge in [-0.25, -0.2) is 0 Å². The molecule has 0 atom stereocenters. The molecule has 0 aliphatic carbocycles. The van der Waals surface area contributed by atoms with Crippen molar-refractivity contribution in [3.05, 3.63) is 69.6 Å². The molecule has 7 heteroatoms. The SMILES string of the molecule is Cc1ccc(/C=C2\SC(=O)N(CC(=O)Nc3ccc(Cl)cc3)C2=O)cc1. The predicted molar refractivity (Wildman–Crippen MR) is 104 cm³/mol. The van der Waals surface area contributed by atoms with Crippen molar-refractivity contribution in [1.29, 1.82) is 0 Å². The van der Waals surface area contributed by atoms with Gasteiger partial charge in [0.15, 0.2) is 0 Å². The van der Waals surface area contributed by atoms with E-state index >= 15 is 0 Å². The maximum Gasteiger partial charge on any atom is 0.294 e. The van der Waals surface area contributed by atoms with Crippen molar-refractivity contribution >= 4 is 52.2 Å². The molecule has 0 unspecified atom stereocenters. The van der Waals surface area contributed by atoms with Crippen molar-refractivity contribution in [3.63, 3.8) is 0 Å².